The number of nitrogens with zero attached hydrogens (tertiary/aromatic N) is 2. The number of nitrogens with one attached hydrogen (secondary N) is 1. The number of ether oxygens (including phenoxy) is 1. The van der Waals surface area contributed by atoms with Gasteiger partial charge in [-0.25, -0.2) is 9.37 Å². The zero-order valence-corrected chi connectivity index (χ0v) is 19.4. The van der Waals surface area contributed by atoms with E-state index in [0.717, 1.165) is 72.7 Å². The van der Waals surface area contributed by atoms with Crippen LogP contribution in [0.15, 0.2) is 42.6 Å². The van der Waals surface area contributed by atoms with E-state index in [4.69, 9.17) is 4.74 Å². The van der Waals surface area contributed by atoms with Crippen LogP contribution in [0.2, 0.25) is 0 Å². The van der Waals surface area contributed by atoms with Gasteiger partial charge in [0.2, 0.25) is 0 Å². The van der Waals surface area contributed by atoms with Crippen LogP contribution in [0.4, 0.5) is 4.39 Å². The minimum Gasteiger partial charge on any atom is -0.494 e. The number of H-pyrrole nitrogens is 1. The van der Waals surface area contributed by atoms with E-state index in [9.17, 15) is 4.39 Å². The molecule has 4 nitrogen and oxygen atoms in total. The first-order valence-electron chi connectivity index (χ1n) is 11.6. The molecule has 1 aliphatic rings. The number of unbranched alkanes of at least 4 members (excludes halogenated alkanes) is 2. The molecule has 0 spiro atoms. The molecule has 0 radical (unpaired) electrons. The van der Waals surface area contributed by atoms with Crippen LogP contribution in [0.5, 0.6) is 5.75 Å². The monoisotopic (exact) mass is 451 g/mol. The average Bonchev–Trinajstić information content (AvgIpc) is 3.38. The molecule has 0 saturated carbocycles. The number of piperidine rings is 1. The van der Waals surface area contributed by atoms with E-state index in [0.29, 0.717) is 5.92 Å². The van der Waals surface area contributed by atoms with Crippen molar-refractivity contribution in [2.45, 2.75) is 44.9 Å². The van der Waals surface area contributed by atoms with E-state index < -0.39 is 0 Å². The molecule has 0 amide bonds. The lowest BCUT2D eigenvalue weighted by atomic mass is 9.89. The van der Waals surface area contributed by atoms with Crippen molar-refractivity contribution in [1.82, 2.24) is 14.9 Å². The predicted octanol–water partition coefficient (Wildman–Crippen LogP) is 6.65. The highest BCUT2D eigenvalue weighted by Gasteiger charge is 2.22. The Morgan fingerprint density at radius 2 is 2.00 bits per heavy atom. The third-order valence-electron chi connectivity index (χ3n) is 6.56. The van der Waals surface area contributed by atoms with Crippen LogP contribution in [0.3, 0.4) is 0 Å². The predicted molar refractivity (Wildman–Crippen MR) is 130 cm³/mol. The summed E-state index contributed by atoms with van der Waals surface area (Å²) in [5, 5.41) is 2.14. The topological polar surface area (TPSA) is 41.1 Å². The molecule has 6 heteroatoms. The van der Waals surface area contributed by atoms with Crippen LogP contribution < -0.4 is 4.74 Å². The lowest BCUT2D eigenvalue weighted by Crippen LogP contribution is -2.33. The Kier molecular flexibility index (Phi) is 6.42. The highest BCUT2D eigenvalue weighted by molar-refractivity contribution is 7.18. The molecule has 2 aromatic carbocycles. The molecular weight excluding hydrogens is 421 g/mol. The quantitative estimate of drug-likeness (QED) is 0.305. The van der Waals surface area contributed by atoms with Crippen molar-refractivity contribution in [3.8, 4) is 5.75 Å². The van der Waals surface area contributed by atoms with Gasteiger partial charge in [0.15, 0.2) is 0 Å². The molecule has 3 heterocycles. The van der Waals surface area contributed by atoms with Gasteiger partial charge in [-0.1, -0.05) is 0 Å². The highest BCUT2D eigenvalue weighted by Crippen LogP contribution is 2.33. The second kappa shape index (κ2) is 9.59. The zero-order chi connectivity index (χ0) is 21.9. The number of aromatic amines is 1. The van der Waals surface area contributed by atoms with Gasteiger partial charge < -0.3 is 14.6 Å². The van der Waals surface area contributed by atoms with Crippen LogP contribution in [0.1, 0.15) is 48.6 Å². The third-order valence-corrected chi connectivity index (χ3v) is 7.51. The molecule has 5 rings (SSSR count). The number of fused-ring (bicyclic) bond motifs is 2. The molecule has 0 atom stereocenters. The summed E-state index contributed by atoms with van der Waals surface area (Å²) >= 11 is 1.72. The maximum atomic E-state index is 13.7. The lowest BCUT2D eigenvalue weighted by Gasteiger charge is -2.32. The summed E-state index contributed by atoms with van der Waals surface area (Å²) in [5.74, 6) is 1.29. The van der Waals surface area contributed by atoms with E-state index in [2.05, 4.69) is 27.1 Å². The Hall–Kier alpha value is -2.44. The van der Waals surface area contributed by atoms with E-state index in [1.165, 1.54) is 29.2 Å². The van der Waals surface area contributed by atoms with Crippen molar-refractivity contribution >= 4 is 32.5 Å². The molecule has 1 aliphatic heterocycles. The summed E-state index contributed by atoms with van der Waals surface area (Å²) in [7, 11) is 0. The Morgan fingerprint density at radius 1 is 1.12 bits per heavy atom. The van der Waals surface area contributed by atoms with Gasteiger partial charge in [-0.3, -0.25) is 0 Å². The third kappa shape index (κ3) is 4.81. The van der Waals surface area contributed by atoms with Crippen molar-refractivity contribution in [2.24, 2.45) is 0 Å². The number of hydrogen-bond acceptors (Lipinski definition) is 4. The maximum Gasteiger partial charge on any atom is 0.123 e. The summed E-state index contributed by atoms with van der Waals surface area (Å²) in [6, 6.07) is 11.2. The van der Waals surface area contributed by atoms with Gasteiger partial charge in [-0.15, -0.1) is 11.3 Å². The standard InChI is InChI=1S/C26H30FN3OS/c1-18-29-25-16-21(6-8-26(25)32-18)31-14-4-2-3-11-30-12-9-19(10-13-30)23-17-28-24-7-5-20(27)15-22(23)24/h5-8,15-17,19,28H,2-4,9-14H2,1H3. The van der Waals surface area contributed by atoms with Gasteiger partial charge in [-0.05, 0) is 100 Å². The molecule has 0 unspecified atom stereocenters. The molecule has 4 aromatic rings. The van der Waals surface area contributed by atoms with Gasteiger partial charge in [0.05, 0.1) is 21.8 Å². The highest BCUT2D eigenvalue weighted by atomic mass is 32.1. The lowest BCUT2D eigenvalue weighted by molar-refractivity contribution is 0.206. The minimum atomic E-state index is -0.154. The van der Waals surface area contributed by atoms with Crippen LogP contribution in [0.25, 0.3) is 21.1 Å². The number of aryl methyl sites for hydroxylation is 1. The molecule has 2 aromatic heterocycles. The average molecular weight is 452 g/mol. The maximum absolute atomic E-state index is 13.7. The number of thiazole rings is 1. The van der Waals surface area contributed by atoms with E-state index >= 15 is 0 Å². The summed E-state index contributed by atoms with van der Waals surface area (Å²) in [4.78, 5) is 10.4. The minimum absolute atomic E-state index is 0.154. The first-order valence-corrected chi connectivity index (χ1v) is 12.5. The Balaban J connectivity index is 1.01. The molecular formula is C26H30FN3OS. The molecule has 1 saturated heterocycles. The smallest absolute Gasteiger partial charge is 0.123 e. The Bertz CT molecular complexity index is 1190. The SMILES string of the molecule is Cc1nc2cc(OCCCCCN3CCC(c4c[nH]c5ccc(F)cc45)CC3)ccc2s1. The van der Waals surface area contributed by atoms with Crippen LogP contribution in [-0.4, -0.2) is 41.1 Å². The fourth-order valence-electron chi connectivity index (χ4n) is 4.84. The van der Waals surface area contributed by atoms with Crippen LogP contribution in [0, 0.1) is 12.7 Å². The fourth-order valence-corrected chi connectivity index (χ4v) is 5.64. The van der Waals surface area contributed by atoms with Crippen molar-refractivity contribution < 1.29 is 9.13 Å². The summed E-state index contributed by atoms with van der Waals surface area (Å²) < 4.78 is 20.8. The molecule has 32 heavy (non-hydrogen) atoms. The van der Waals surface area contributed by atoms with Gasteiger partial charge >= 0.3 is 0 Å². The molecule has 1 N–H and O–H groups in total. The number of benzene rings is 2. The first-order chi connectivity index (χ1) is 15.7. The van der Waals surface area contributed by atoms with E-state index in [-0.39, 0.29) is 5.82 Å². The van der Waals surface area contributed by atoms with Crippen molar-refractivity contribution in [3.63, 3.8) is 0 Å². The normalized spacial score (nSPS) is 15.7. The van der Waals surface area contributed by atoms with Crippen LogP contribution >= 0.6 is 11.3 Å². The Morgan fingerprint density at radius 3 is 2.88 bits per heavy atom. The zero-order valence-electron chi connectivity index (χ0n) is 18.6. The van der Waals surface area contributed by atoms with Crippen molar-refractivity contribution in [2.75, 3.05) is 26.2 Å². The van der Waals surface area contributed by atoms with Crippen molar-refractivity contribution in [3.05, 3.63) is 59.0 Å². The Labute approximate surface area is 192 Å². The summed E-state index contributed by atoms with van der Waals surface area (Å²) in [6.45, 7) is 6.19. The first kappa shape index (κ1) is 21.4. The van der Waals surface area contributed by atoms with Crippen LogP contribution in [-0.2, 0) is 0 Å². The molecule has 1 fully saturated rings. The largest absolute Gasteiger partial charge is 0.494 e. The molecule has 168 valence electrons. The summed E-state index contributed by atoms with van der Waals surface area (Å²) in [5.41, 5.74) is 3.35. The second-order valence-corrected chi connectivity index (χ2v) is 10.1. The van der Waals surface area contributed by atoms with E-state index in [1.54, 1.807) is 17.4 Å². The summed E-state index contributed by atoms with van der Waals surface area (Å²) in [6.07, 6.45) is 7.83. The fraction of sp³-hybridized carbons (Fsp3) is 0.423. The number of likely N-dealkylation sites (tertiary alicyclic amines) is 1. The second-order valence-electron chi connectivity index (χ2n) is 8.82. The van der Waals surface area contributed by atoms with Gasteiger partial charge in [-0.2, -0.15) is 0 Å². The molecule has 0 aliphatic carbocycles. The number of aromatic nitrogens is 2. The van der Waals surface area contributed by atoms with E-state index in [1.807, 2.05) is 25.1 Å². The van der Waals surface area contributed by atoms with Gasteiger partial charge in [0.1, 0.15) is 11.6 Å². The van der Waals surface area contributed by atoms with Crippen molar-refractivity contribution in [1.29, 1.82) is 0 Å². The number of hydrogen-bond donors (Lipinski definition) is 1. The van der Waals surface area contributed by atoms with Gasteiger partial charge in [0, 0.05) is 23.2 Å². The number of halogens is 1. The number of rotatable bonds is 8. The molecule has 0 bridgehead atoms. The van der Waals surface area contributed by atoms with Gasteiger partial charge in [0.25, 0.3) is 0 Å².